The molecule has 6 heteroatoms. The summed E-state index contributed by atoms with van der Waals surface area (Å²) < 4.78 is 9.53. The first-order valence-electron chi connectivity index (χ1n) is 5.05. The maximum atomic E-state index is 10.7. The van der Waals surface area contributed by atoms with Crippen molar-refractivity contribution < 1.29 is 24.8 Å². The van der Waals surface area contributed by atoms with Crippen molar-refractivity contribution in [2.24, 2.45) is 5.73 Å². The van der Waals surface area contributed by atoms with Gasteiger partial charge in [-0.15, -0.1) is 0 Å². The van der Waals surface area contributed by atoms with E-state index in [1.54, 1.807) is 0 Å². The quantitative estimate of drug-likeness (QED) is 0.767. The highest BCUT2D eigenvalue weighted by molar-refractivity contribution is 5.64. The van der Waals surface area contributed by atoms with Gasteiger partial charge in [0.25, 0.3) is 0 Å². The Bertz CT molecular complexity index is 362. The lowest BCUT2D eigenvalue weighted by Gasteiger charge is -2.15. The summed E-state index contributed by atoms with van der Waals surface area (Å²) in [5.41, 5.74) is 8.90. The summed E-state index contributed by atoms with van der Waals surface area (Å²) in [6.45, 7) is 0.159. The van der Waals surface area contributed by atoms with Gasteiger partial charge in [0.05, 0.1) is 5.92 Å². The van der Waals surface area contributed by atoms with Crippen molar-refractivity contribution in [2.75, 3.05) is 13.2 Å². The lowest BCUT2D eigenvalue weighted by molar-refractivity contribution is -0.283. The van der Waals surface area contributed by atoms with E-state index >= 15 is 0 Å². The molecule has 1 aromatic rings. The molecule has 0 bridgehead atoms. The van der Waals surface area contributed by atoms with E-state index in [0.717, 1.165) is 5.56 Å². The molecule has 5 N–H and O–H groups in total. The summed E-state index contributed by atoms with van der Waals surface area (Å²) in [7, 11) is 0. The Hall–Kier alpha value is -2.08. The van der Waals surface area contributed by atoms with Gasteiger partial charge in [0.15, 0.2) is 0 Å². The molecule has 0 saturated carbocycles. The summed E-state index contributed by atoms with van der Waals surface area (Å²) in [6, 6.07) is 9.26. The fourth-order valence-corrected chi connectivity index (χ4v) is 1.34. The first kappa shape index (κ1) is 13.0. The minimum Gasteiger partial charge on any atom is -0.449 e. The second kappa shape index (κ2) is 6.49. The van der Waals surface area contributed by atoms with Crippen LogP contribution in [-0.2, 0) is 9.47 Å². The Morgan fingerprint density at radius 2 is 1.76 bits per heavy atom. The van der Waals surface area contributed by atoms with E-state index < -0.39 is 12.2 Å². The van der Waals surface area contributed by atoms with Crippen LogP contribution in [0.5, 0.6) is 0 Å². The van der Waals surface area contributed by atoms with E-state index in [-0.39, 0.29) is 19.1 Å². The molecule has 1 rings (SSSR count). The van der Waals surface area contributed by atoms with Gasteiger partial charge in [-0.2, -0.15) is 4.79 Å². The van der Waals surface area contributed by atoms with Crippen molar-refractivity contribution >= 4 is 12.2 Å². The fraction of sp³-hybridized carbons (Fsp3) is 0.273. The molecule has 0 fully saturated rings. The van der Waals surface area contributed by atoms with Crippen LogP contribution < -0.4 is 11.5 Å². The summed E-state index contributed by atoms with van der Waals surface area (Å²) in [4.78, 5) is 21.2. The number of benzene rings is 1. The molecule has 0 radical (unpaired) electrons. The minimum atomic E-state index is -0.855. The van der Waals surface area contributed by atoms with Crippen LogP contribution >= 0.6 is 0 Å². The number of hydrogen-bond donors (Lipinski definition) is 2. The van der Waals surface area contributed by atoms with Crippen molar-refractivity contribution in [3.05, 3.63) is 35.9 Å². The summed E-state index contributed by atoms with van der Waals surface area (Å²) in [6.07, 6.45) is -1.48. The van der Waals surface area contributed by atoms with Crippen molar-refractivity contribution in [1.29, 1.82) is 0 Å². The molecule has 0 aromatic heterocycles. The van der Waals surface area contributed by atoms with Crippen molar-refractivity contribution in [2.45, 2.75) is 5.92 Å². The largest absolute Gasteiger partial charge is 0.511 e. The van der Waals surface area contributed by atoms with Crippen molar-refractivity contribution in [3.63, 3.8) is 0 Å². The zero-order valence-electron chi connectivity index (χ0n) is 9.30. The maximum absolute atomic E-state index is 10.7. The molecule has 1 atom stereocenters. The number of rotatable bonds is 5. The van der Waals surface area contributed by atoms with Crippen LogP contribution in [0.4, 0.5) is 9.59 Å². The van der Waals surface area contributed by atoms with E-state index in [1.807, 2.05) is 30.3 Å². The van der Waals surface area contributed by atoms with Crippen LogP contribution in [-0.4, -0.2) is 25.4 Å². The Kier molecular flexibility index (Phi) is 4.96. The van der Waals surface area contributed by atoms with Crippen LogP contribution in [0.1, 0.15) is 11.5 Å². The van der Waals surface area contributed by atoms with Gasteiger partial charge < -0.3 is 15.2 Å². The minimum absolute atomic E-state index is 0.0621. The van der Waals surface area contributed by atoms with Crippen molar-refractivity contribution in [3.8, 4) is 0 Å². The SMILES string of the molecule is NC(=O)OCC(COC([NH3+])=O)c1ccccc1. The molecule has 0 aliphatic rings. The van der Waals surface area contributed by atoms with Gasteiger partial charge in [0.2, 0.25) is 0 Å². The molecule has 1 unspecified atom stereocenters. The molecular weight excluding hydrogens is 224 g/mol. The molecule has 0 aliphatic heterocycles. The monoisotopic (exact) mass is 239 g/mol. The van der Waals surface area contributed by atoms with E-state index in [9.17, 15) is 9.59 Å². The van der Waals surface area contributed by atoms with Crippen LogP contribution in [0, 0.1) is 0 Å². The number of nitrogens with two attached hydrogens (primary N) is 1. The second-order valence-corrected chi connectivity index (χ2v) is 3.42. The molecular formula is C11H15N2O4+. The number of ether oxygens (including phenoxy) is 2. The van der Waals surface area contributed by atoms with Gasteiger partial charge in [-0.3, -0.25) is 5.73 Å². The molecule has 17 heavy (non-hydrogen) atoms. The number of primary amides is 1. The molecule has 92 valence electrons. The highest BCUT2D eigenvalue weighted by Gasteiger charge is 2.15. The highest BCUT2D eigenvalue weighted by Crippen LogP contribution is 2.16. The predicted molar refractivity (Wildman–Crippen MR) is 59.0 cm³/mol. The molecule has 6 nitrogen and oxygen atoms in total. The standard InChI is InChI=1S/C11H14N2O4/c12-10(14)16-6-9(7-17-11(13)15)8-4-2-1-3-5-8/h1-5,9H,6-7H2,(H2,12,14)(H2,13,15)/p+1. The third-order valence-electron chi connectivity index (χ3n) is 2.14. The van der Waals surface area contributed by atoms with E-state index in [2.05, 4.69) is 5.73 Å². The van der Waals surface area contributed by atoms with Gasteiger partial charge in [-0.05, 0) is 5.56 Å². The fourth-order valence-electron chi connectivity index (χ4n) is 1.34. The van der Waals surface area contributed by atoms with E-state index in [1.165, 1.54) is 0 Å². The predicted octanol–water partition coefficient (Wildman–Crippen LogP) is 0.244. The smallest absolute Gasteiger partial charge is 0.449 e. The van der Waals surface area contributed by atoms with Gasteiger partial charge in [-0.1, -0.05) is 30.3 Å². The van der Waals surface area contributed by atoms with Gasteiger partial charge in [0.1, 0.15) is 13.2 Å². The Morgan fingerprint density at radius 3 is 2.29 bits per heavy atom. The summed E-state index contributed by atoms with van der Waals surface area (Å²) >= 11 is 0. The topological polar surface area (TPSA) is 106 Å². The first-order chi connectivity index (χ1) is 8.09. The molecule has 0 saturated heterocycles. The number of carbonyl (C=O) groups is 2. The van der Waals surface area contributed by atoms with E-state index in [4.69, 9.17) is 15.2 Å². The van der Waals surface area contributed by atoms with Crippen LogP contribution in [0.2, 0.25) is 0 Å². The first-order valence-corrected chi connectivity index (χ1v) is 5.05. The third-order valence-corrected chi connectivity index (χ3v) is 2.14. The number of quaternary nitrogens is 1. The highest BCUT2D eigenvalue weighted by atomic mass is 16.6. The van der Waals surface area contributed by atoms with Gasteiger partial charge >= 0.3 is 12.2 Å². The second-order valence-electron chi connectivity index (χ2n) is 3.42. The molecule has 1 aromatic carbocycles. The summed E-state index contributed by atoms with van der Waals surface area (Å²) in [5, 5.41) is 0. The van der Waals surface area contributed by atoms with Crippen LogP contribution in [0.3, 0.4) is 0 Å². The maximum Gasteiger partial charge on any atom is 0.511 e. The van der Waals surface area contributed by atoms with Crippen LogP contribution in [0.15, 0.2) is 30.3 Å². The Morgan fingerprint density at radius 1 is 1.18 bits per heavy atom. The molecule has 2 amide bonds. The van der Waals surface area contributed by atoms with Crippen LogP contribution in [0.25, 0.3) is 0 Å². The zero-order chi connectivity index (χ0) is 12.7. The Labute approximate surface area is 98.5 Å². The van der Waals surface area contributed by atoms with Gasteiger partial charge in [0, 0.05) is 0 Å². The third kappa shape index (κ3) is 4.98. The average Bonchev–Trinajstić information content (AvgIpc) is 2.29. The van der Waals surface area contributed by atoms with Gasteiger partial charge in [-0.25, -0.2) is 4.79 Å². The van der Waals surface area contributed by atoms with Crippen molar-refractivity contribution in [1.82, 2.24) is 0 Å². The number of amides is 2. The molecule has 0 heterocycles. The lowest BCUT2D eigenvalue weighted by atomic mass is 10.0. The lowest BCUT2D eigenvalue weighted by Crippen LogP contribution is -2.57. The zero-order valence-corrected chi connectivity index (χ0v) is 9.30. The number of carbonyl (C=O) groups excluding carboxylic acids is 2. The molecule has 0 spiro atoms. The molecule has 0 aliphatic carbocycles. The summed E-state index contributed by atoms with van der Waals surface area (Å²) in [5.74, 6) is -0.241. The Balaban J connectivity index is 2.64. The van der Waals surface area contributed by atoms with E-state index in [0.29, 0.717) is 0 Å². The average molecular weight is 239 g/mol. The number of hydrogen-bond acceptors (Lipinski definition) is 4. The normalized spacial score (nSPS) is 11.6.